The van der Waals surface area contributed by atoms with Gasteiger partial charge in [-0.05, 0) is 50.3 Å². The summed E-state index contributed by atoms with van der Waals surface area (Å²) in [6, 6.07) is 9.23. The number of benzene rings is 1. The molecule has 1 aromatic carbocycles. The summed E-state index contributed by atoms with van der Waals surface area (Å²) in [5.74, 6) is -1.93. The number of ketones is 1. The lowest BCUT2D eigenvalue weighted by Crippen LogP contribution is -2.44. The van der Waals surface area contributed by atoms with Gasteiger partial charge in [0.2, 0.25) is 0 Å². The van der Waals surface area contributed by atoms with Crippen molar-refractivity contribution in [2.45, 2.75) is 45.4 Å². The number of amides is 2. The van der Waals surface area contributed by atoms with Gasteiger partial charge in [-0.15, -0.1) is 11.3 Å². The molecule has 1 aliphatic rings. The third-order valence-corrected chi connectivity index (χ3v) is 6.57. The normalized spacial score (nSPS) is 14.0. The van der Waals surface area contributed by atoms with Crippen molar-refractivity contribution in [3.63, 3.8) is 0 Å². The highest BCUT2D eigenvalue weighted by molar-refractivity contribution is 7.14. The third-order valence-electron chi connectivity index (χ3n) is 5.34. The first-order valence-electron chi connectivity index (χ1n) is 9.88. The highest BCUT2D eigenvalue weighted by Crippen LogP contribution is 2.28. The average Bonchev–Trinajstić information content (AvgIpc) is 3.24. The number of thiophene rings is 1. The number of hydrogen-bond acceptors (Lipinski definition) is 4. The molecule has 0 saturated carbocycles. The number of aryl methyl sites for hydroxylation is 3. The zero-order chi connectivity index (χ0) is 20.4. The number of Topliss-reactive ketones (excluding diaryl/α,β-unsaturated/α-hetero) is 1. The molecule has 7 heteroatoms. The van der Waals surface area contributed by atoms with Gasteiger partial charge in [0.1, 0.15) is 0 Å². The third kappa shape index (κ3) is 3.96. The van der Waals surface area contributed by atoms with Crippen LogP contribution in [0, 0.1) is 6.92 Å². The van der Waals surface area contributed by atoms with Crippen LogP contribution in [0.4, 0.5) is 0 Å². The SMILES string of the molecule is Cc1[nH]c2ccccc2c1C(=O)C(=O)NNC(=O)c1cc2c(s1)CCCCCC2. The van der Waals surface area contributed by atoms with Crippen LogP contribution in [-0.4, -0.2) is 22.6 Å². The highest BCUT2D eigenvalue weighted by atomic mass is 32.1. The summed E-state index contributed by atoms with van der Waals surface area (Å²) in [6.07, 6.45) is 6.72. The molecule has 3 N–H and O–H groups in total. The van der Waals surface area contributed by atoms with Gasteiger partial charge in [0.25, 0.3) is 11.7 Å². The van der Waals surface area contributed by atoms with Crippen molar-refractivity contribution in [2.24, 2.45) is 0 Å². The van der Waals surface area contributed by atoms with E-state index >= 15 is 0 Å². The van der Waals surface area contributed by atoms with E-state index in [1.165, 1.54) is 34.6 Å². The standard InChI is InChI=1S/C22H23N3O3S/c1-13-19(15-9-6-7-10-16(15)23-13)20(26)22(28)25-24-21(27)18-12-14-8-4-2-3-5-11-17(14)29-18/h6-7,9-10,12,23H,2-5,8,11H2,1H3,(H,24,27)(H,25,28). The summed E-state index contributed by atoms with van der Waals surface area (Å²) >= 11 is 1.47. The number of carbonyl (C=O) groups excluding carboxylic acids is 3. The maximum atomic E-state index is 12.6. The largest absolute Gasteiger partial charge is 0.358 e. The van der Waals surface area contributed by atoms with Gasteiger partial charge in [-0.1, -0.05) is 31.0 Å². The number of rotatable bonds is 3. The monoisotopic (exact) mass is 409 g/mol. The van der Waals surface area contributed by atoms with Gasteiger partial charge in [0.15, 0.2) is 0 Å². The first-order valence-corrected chi connectivity index (χ1v) is 10.7. The van der Waals surface area contributed by atoms with E-state index in [4.69, 9.17) is 0 Å². The van der Waals surface area contributed by atoms with E-state index in [1.54, 1.807) is 13.0 Å². The Bertz CT molecular complexity index is 1070. The zero-order valence-electron chi connectivity index (χ0n) is 16.3. The summed E-state index contributed by atoms with van der Waals surface area (Å²) in [7, 11) is 0. The van der Waals surface area contributed by atoms with Crippen LogP contribution >= 0.6 is 11.3 Å². The van der Waals surface area contributed by atoms with Crippen molar-refractivity contribution in [3.05, 3.63) is 56.9 Å². The quantitative estimate of drug-likeness (QED) is 0.349. The summed E-state index contributed by atoms with van der Waals surface area (Å²) in [5, 5.41) is 0.689. The van der Waals surface area contributed by atoms with Crippen molar-refractivity contribution in [1.82, 2.24) is 15.8 Å². The van der Waals surface area contributed by atoms with E-state index in [2.05, 4.69) is 15.8 Å². The highest BCUT2D eigenvalue weighted by Gasteiger charge is 2.23. The van der Waals surface area contributed by atoms with E-state index in [0.29, 0.717) is 21.5 Å². The second kappa shape index (κ2) is 8.21. The van der Waals surface area contributed by atoms with E-state index in [0.717, 1.165) is 31.2 Å². The Balaban J connectivity index is 1.44. The van der Waals surface area contributed by atoms with Crippen LogP contribution < -0.4 is 10.9 Å². The number of para-hydroxylation sites is 1. The fourth-order valence-electron chi connectivity index (χ4n) is 3.87. The molecule has 29 heavy (non-hydrogen) atoms. The van der Waals surface area contributed by atoms with Gasteiger partial charge < -0.3 is 4.98 Å². The molecule has 3 aromatic rings. The first-order chi connectivity index (χ1) is 14.0. The van der Waals surface area contributed by atoms with Crippen LogP contribution in [0.2, 0.25) is 0 Å². The van der Waals surface area contributed by atoms with E-state index in [-0.39, 0.29) is 0 Å². The van der Waals surface area contributed by atoms with Crippen LogP contribution in [0.15, 0.2) is 30.3 Å². The van der Waals surface area contributed by atoms with Crippen molar-refractivity contribution >= 4 is 39.8 Å². The topological polar surface area (TPSA) is 91.1 Å². The summed E-state index contributed by atoms with van der Waals surface area (Å²) < 4.78 is 0. The van der Waals surface area contributed by atoms with Gasteiger partial charge in [-0.25, -0.2) is 0 Å². The van der Waals surface area contributed by atoms with Gasteiger partial charge >= 0.3 is 5.91 Å². The molecule has 2 heterocycles. The second-order valence-electron chi connectivity index (χ2n) is 7.38. The van der Waals surface area contributed by atoms with E-state index in [9.17, 15) is 14.4 Å². The molecular weight excluding hydrogens is 386 g/mol. The predicted molar refractivity (Wildman–Crippen MR) is 113 cm³/mol. The fourth-order valence-corrected chi connectivity index (χ4v) is 5.02. The lowest BCUT2D eigenvalue weighted by molar-refractivity contribution is -0.117. The fraction of sp³-hybridized carbons (Fsp3) is 0.318. The van der Waals surface area contributed by atoms with Gasteiger partial charge in [0.05, 0.1) is 10.4 Å². The van der Waals surface area contributed by atoms with Crippen LogP contribution in [0.3, 0.4) is 0 Å². The molecule has 1 aliphatic carbocycles. The Labute approximate surface area is 172 Å². The maximum absolute atomic E-state index is 12.6. The van der Waals surface area contributed by atoms with Gasteiger partial charge in [-0.3, -0.25) is 25.2 Å². The lowest BCUT2D eigenvalue weighted by atomic mass is 10.00. The average molecular weight is 410 g/mol. The van der Waals surface area contributed by atoms with Crippen LogP contribution in [0.25, 0.3) is 10.9 Å². The molecule has 4 rings (SSSR count). The molecule has 0 saturated heterocycles. The Kier molecular flexibility index (Phi) is 5.49. The molecule has 0 unspecified atom stereocenters. The van der Waals surface area contributed by atoms with Crippen molar-refractivity contribution in [1.29, 1.82) is 0 Å². The van der Waals surface area contributed by atoms with Gasteiger partial charge in [0, 0.05) is 21.5 Å². The molecule has 0 aliphatic heterocycles. The number of aromatic amines is 1. The number of hydrazine groups is 1. The second-order valence-corrected chi connectivity index (χ2v) is 8.52. The van der Waals surface area contributed by atoms with E-state index < -0.39 is 17.6 Å². The number of nitrogens with one attached hydrogen (secondary N) is 3. The molecule has 0 fully saturated rings. The summed E-state index contributed by atoms with van der Waals surface area (Å²) in [5.41, 5.74) is 7.63. The summed E-state index contributed by atoms with van der Waals surface area (Å²) in [6.45, 7) is 1.75. The predicted octanol–water partition coefficient (Wildman–Crippen LogP) is 3.84. The Morgan fingerprint density at radius 2 is 1.76 bits per heavy atom. The number of hydrogen-bond donors (Lipinski definition) is 3. The van der Waals surface area contributed by atoms with Crippen molar-refractivity contribution in [2.75, 3.05) is 0 Å². The number of carbonyl (C=O) groups is 3. The molecular formula is C22H23N3O3S. The molecule has 6 nitrogen and oxygen atoms in total. The molecule has 0 spiro atoms. The van der Waals surface area contributed by atoms with Crippen molar-refractivity contribution in [3.8, 4) is 0 Å². The van der Waals surface area contributed by atoms with Crippen LogP contribution in [0.5, 0.6) is 0 Å². The van der Waals surface area contributed by atoms with Gasteiger partial charge in [-0.2, -0.15) is 0 Å². The Morgan fingerprint density at radius 3 is 2.59 bits per heavy atom. The molecule has 0 radical (unpaired) electrons. The molecule has 0 bridgehead atoms. The molecule has 0 atom stereocenters. The summed E-state index contributed by atoms with van der Waals surface area (Å²) in [4.78, 5) is 42.4. The lowest BCUT2D eigenvalue weighted by Gasteiger charge is -2.07. The Hall–Kier alpha value is -2.93. The minimum absolute atomic E-state index is 0.325. The van der Waals surface area contributed by atoms with Crippen LogP contribution in [-0.2, 0) is 17.6 Å². The van der Waals surface area contributed by atoms with Crippen LogP contribution in [0.1, 0.15) is 61.8 Å². The van der Waals surface area contributed by atoms with Crippen molar-refractivity contribution < 1.29 is 14.4 Å². The number of H-pyrrole nitrogens is 1. The van der Waals surface area contributed by atoms with E-state index in [1.807, 2.05) is 24.3 Å². The minimum Gasteiger partial charge on any atom is -0.358 e. The Morgan fingerprint density at radius 1 is 1.00 bits per heavy atom. The first kappa shape index (κ1) is 19.4. The zero-order valence-corrected chi connectivity index (χ0v) is 17.1. The maximum Gasteiger partial charge on any atom is 0.310 e. The minimum atomic E-state index is -0.860. The molecule has 2 aromatic heterocycles. The molecule has 2 amide bonds. The number of aromatic nitrogens is 1. The number of fused-ring (bicyclic) bond motifs is 2. The molecule has 150 valence electrons. The smallest absolute Gasteiger partial charge is 0.310 e.